The highest BCUT2D eigenvalue weighted by Crippen LogP contribution is 2.45. The molecule has 3 nitrogen and oxygen atoms in total. The topological polar surface area (TPSA) is 45.9 Å². The van der Waals surface area contributed by atoms with Crippen molar-refractivity contribution in [3.8, 4) is 23.1 Å². The quantitative estimate of drug-likeness (QED) is 0.850. The molecule has 0 N–H and O–H groups in total. The Bertz CT molecular complexity index is 685. The fourth-order valence-electron chi connectivity index (χ4n) is 2.29. The van der Waals surface area contributed by atoms with Crippen molar-refractivity contribution in [2.75, 3.05) is 7.11 Å². The number of hydrogen-bond acceptors (Lipinski definition) is 3. The van der Waals surface area contributed by atoms with Gasteiger partial charge in [0, 0.05) is 10.6 Å². The van der Waals surface area contributed by atoms with Crippen LogP contribution in [0.5, 0.6) is 5.75 Å². The van der Waals surface area contributed by atoms with Gasteiger partial charge in [0.05, 0.1) is 12.8 Å². The second-order valence-corrected chi connectivity index (χ2v) is 5.31. The van der Waals surface area contributed by atoms with Crippen molar-refractivity contribution in [3.05, 3.63) is 46.6 Å². The molecule has 1 aliphatic rings. The van der Waals surface area contributed by atoms with Gasteiger partial charge in [-0.25, -0.2) is 4.98 Å². The molecule has 1 saturated carbocycles. The highest BCUT2D eigenvalue weighted by molar-refractivity contribution is 6.30. The molecule has 100 valence electrons. The van der Waals surface area contributed by atoms with Gasteiger partial charge in [0.2, 0.25) is 0 Å². The van der Waals surface area contributed by atoms with Crippen LogP contribution in [0, 0.1) is 11.3 Å². The smallest absolute Gasteiger partial charge is 0.183 e. The number of methoxy groups -OCH3 is 1. The fraction of sp³-hybridized carbons (Fsp3) is 0.250. The molecule has 1 aromatic carbocycles. The molecule has 0 atom stereocenters. The lowest BCUT2D eigenvalue weighted by Gasteiger charge is -2.11. The van der Waals surface area contributed by atoms with Crippen LogP contribution in [-0.2, 0) is 0 Å². The zero-order chi connectivity index (χ0) is 14.1. The van der Waals surface area contributed by atoms with E-state index in [1.807, 2.05) is 30.3 Å². The number of nitriles is 1. The van der Waals surface area contributed by atoms with Gasteiger partial charge in [-0.1, -0.05) is 23.7 Å². The first-order valence-corrected chi connectivity index (χ1v) is 6.85. The van der Waals surface area contributed by atoms with Crippen molar-refractivity contribution in [2.45, 2.75) is 18.8 Å². The summed E-state index contributed by atoms with van der Waals surface area (Å²) in [5.41, 5.74) is 3.32. The van der Waals surface area contributed by atoms with E-state index in [1.165, 1.54) is 0 Å². The standard InChI is InChI=1S/C16H13ClN2O/c1-20-15-8-13(10-2-3-10)16(19-14(15)9-18)11-4-6-12(17)7-5-11/h4-8,10H,2-3H2,1H3. The predicted octanol–water partition coefficient (Wildman–Crippen LogP) is 4.16. The summed E-state index contributed by atoms with van der Waals surface area (Å²) < 4.78 is 5.26. The number of pyridine rings is 1. The first kappa shape index (κ1) is 13.0. The molecule has 0 saturated heterocycles. The van der Waals surface area contributed by atoms with Crippen molar-refractivity contribution in [2.24, 2.45) is 0 Å². The van der Waals surface area contributed by atoms with Crippen LogP contribution in [0.3, 0.4) is 0 Å². The van der Waals surface area contributed by atoms with E-state index in [4.69, 9.17) is 16.3 Å². The Labute approximate surface area is 122 Å². The van der Waals surface area contributed by atoms with Gasteiger partial charge in [0.1, 0.15) is 6.07 Å². The molecular weight excluding hydrogens is 272 g/mol. The van der Waals surface area contributed by atoms with Gasteiger partial charge in [0.25, 0.3) is 0 Å². The third-order valence-electron chi connectivity index (χ3n) is 3.48. The van der Waals surface area contributed by atoms with E-state index in [0.717, 1.165) is 29.7 Å². The summed E-state index contributed by atoms with van der Waals surface area (Å²) in [4.78, 5) is 4.49. The summed E-state index contributed by atoms with van der Waals surface area (Å²) in [6, 6.07) is 11.6. The molecule has 1 aromatic heterocycles. The average Bonchev–Trinajstić information content (AvgIpc) is 3.31. The van der Waals surface area contributed by atoms with Crippen molar-refractivity contribution in [1.82, 2.24) is 4.98 Å². The summed E-state index contributed by atoms with van der Waals surface area (Å²) in [6.45, 7) is 0. The Balaban J connectivity index is 2.17. The van der Waals surface area contributed by atoms with E-state index in [1.54, 1.807) is 7.11 Å². The van der Waals surface area contributed by atoms with Crippen LogP contribution in [0.2, 0.25) is 5.02 Å². The highest BCUT2D eigenvalue weighted by Gasteiger charge is 2.28. The minimum atomic E-state index is 0.321. The van der Waals surface area contributed by atoms with Gasteiger partial charge in [-0.3, -0.25) is 0 Å². The molecule has 1 heterocycles. The SMILES string of the molecule is COc1cc(C2CC2)c(-c2ccc(Cl)cc2)nc1C#N. The number of rotatable bonds is 3. The van der Waals surface area contributed by atoms with Crippen molar-refractivity contribution in [3.63, 3.8) is 0 Å². The van der Waals surface area contributed by atoms with Crippen LogP contribution in [0.4, 0.5) is 0 Å². The van der Waals surface area contributed by atoms with E-state index in [9.17, 15) is 5.26 Å². The van der Waals surface area contributed by atoms with Crippen molar-refractivity contribution >= 4 is 11.6 Å². The molecule has 2 aromatic rings. The van der Waals surface area contributed by atoms with E-state index in [0.29, 0.717) is 22.4 Å². The number of halogens is 1. The zero-order valence-electron chi connectivity index (χ0n) is 11.1. The normalized spacial score (nSPS) is 13.8. The van der Waals surface area contributed by atoms with E-state index in [2.05, 4.69) is 11.1 Å². The van der Waals surface area contributed by atoms with Crippen LogP contribution in [-0.4, -0.2) is 12.1 Å². The third-order valence-corrected chi connectivity index (χ3v) is 3.73. The van der Waals surface area contributed by atoms with E-state index >= 15 is 0 Å². The van der Waals surface area contributed by atoms with Crippen LogP contribution >= 0.6 is 11.6 Å². The summed E-state index contributed by atoms with van der Waals surface area (Å²) in [6.07, 6.45) is 2.33. The molecule has 0 amide bonds. The van der Waals surface area contributed by atoms with Crippen LogP contribution < -0.4 is 4.74 Å². The minimum absolute atomic E-state index is 0.321. The molecule has 20 heavy (non-hydrogen) atoms. The van der Waals surface area contributed by atoms with E-state index < -0.39 is 0 Å². The Morgan fingerprint density at radius 3 is 2.55 bits per heavy atom. The first-order valence-electron chi connectivity index (χ1n) is 6.48. The van der Waals surface area contributed by atoms with Crippen LogP contribution in [0.25, 0.3) is 11.3 Å². The molecule has 4 heteroatoms. The summed E-state index contributed by atoms with van der Waals surface area (Å²) in [5, 5.41) is 9.89. The molecule has 3 rings (SSSR count). The first-order chi connectivity index (χ1) is 9.72. The van der Waals surface area contributed by atoms with E-state index in [-0.39, 0.29) is 0 Å². The number of hydrogen-bond donors (Lipinski definition) is 0. The Morgan fingerprint density at radius 1 is 1.30 bits per heavy atom. The molecule has 0 unspecified atom stereocenters. The lowest BCUT2D eigenvalue weighted by atomic mass is 10.0. The monoisotopic (exact) mass is 284 g/mol. The summed E-state index contributed by atoms with van der Waals surface area (Å²) in [5.74, 6) is 1.07. The Morgan fingerprint density at radius 2 is 2.00 bits per heavy atom. The van der Waals surface area contributed by atoms with Crippen molar-refractivity contribution < 1.29 is 4.74 Å². The second kappa shape index (κ2) is 5.15. The van der Waals surface area contributed by atoms with Gasteiger partial charge in [0.15, 0.2) is 11.4 Å². The summed E-state index contributed by atoms with van der Waals surface area (Å²) in [7, 11) is 1.57. The molecule has 0 aliphatic heterocycles. The molecule has 1 aliphatic carbocycles. The lowest BCUT2D eigenvalue weighted by Crippen LogP contribution is -1.98. The van der Waals surface area contributed by atoms with Gasteiger partial charge in [-0.2, -0.15) is 5.26 Å². The van der Waals surface area contributed by atoms with Gasteiger partial charge < -0.3 is 4.74 Å². The maximum atomic E-state index is 9.20. The number of ether oxygens (including phenoxy) is 1. The summed E-state index contributed by atoms with van der Waals surface area (Å²) >= 11 is 5.93. The zero-order valence-corrected chi connectivity index (χ0v) is 11.8. The van der Waals surface area contributed by atoms with Crippen molar-refractivity contribution in [1.29, 1.82) is 5.26 Å². The van der Waals surface area contributed by atoms with Gasteiger partial charge >= 0.3 is 0 Å². The molecule has 0 bridgehead atoms. The molecule has 1 fully saturated rings. The van der Waals surface area contributed by atoms with Gasteiger partial charge in [-0.15, -0.1) is 0 Å². The van der Waals surface area contributed by atoms with Gasteiger partial charge in [-0.05, 0) is 42.5 Å². The Kier molecular flexibility index (Phi) is 3.33. The maximum Gasteiger partial charge on any atom is 0.183 e. The lowest BCUT2D eigenvalue weighted by molar-refractivity contribution is 0.411. The maximum absolute atomic E-state index is 9.20. The predicted molar refractivity (Wildman–Crippen MR) is 77.9 cm³/mol. The number of benzene rings is 1. The Hall–Kier alpha value is -2.05. The fourth-order valence-corrected chi connectivity index (χ4v) is 2.42. The number of nitrogens with zero attached hydrogens (tertiary/aromatic N) is 2. The second-order valence-electron chi connectivity index (χ2n) is 4.87. The molecule has 0 radical (unpaired) electrons. The average molecular weight is 285 g/mol. The number of aromatic nitrogens is 1. The minimum Gasteiger partial charge on any atom is -0.494 e. The largest absolute Gasteiger partial charge is 0.494 e. The van der Waals surface area contributed by atoms with Crippen LogP contribution in [0.1, 0.15) is 30.0 Å². The highest BCUT2D eigenvalue weighted by atomic mass is 35.5. The van der Waals surface area contributed by atoms with Crippen LogP contribution in [0.15, 0.2) is 30.3 Å². The molecular formula is C16H13ClN2O. The third kappa shape index (κ3) is 2.35. The molecule has 0 spiro atoms.